The summed E-state index contributed by atoms with van der Waals surface area (Å²) in [5.74, 6) is -0.865. The van der Waals surface area contributed by atoms with Crippen molar-refractivity contribution in [2.45, 2.75) is 19.8 Å². The van der Waals surface area contributed by atoms with Gasteiger partial charge in [-0.05, 0) is 37.0 Å². The van der Waals surface area contributed by atoms with Crippen LogP contribution in [0.5, 0.6) is 5.75 Å². The van der Waals surface area contributed by atoms with Gasteiger partial charge in [0, 0.05) is 18.1 Å². The fourth-order valence-corrected chi connectivity index (χ4v) is 2.31. The largest absolute Gasteiger partial charge is 0.506 e. The van der Waals surface area contributed by atoms with Crippen LogP contribution in [0, 0.1) is 5.92 Å². The highest BCUT2D eigenvalue weighted by Gasteiger charge is 2.26. The summed E-state index contributed by atoms with van der Waals surface area (Å²) in [7, 11) is 0. The van der Waals surface area contributed by atoms with Gasteiger partial charge < -0.3 is 15.3 Å². The molecule has 0 atom stereocenters. The maximum Gasteiger partial charge on any atom is 0.314 e. The molecule has 6 heteroatoms. The van der Waals surface area contributed by atoms with Gasteiger partial charge in [-0.2, -0.15) is 0 Å². The highest BCUT2D eigenvalue weighted by Crippen LogP contribution is 2.26. The zero-order valence-corrected chi connectivity index (χ0v) is 12.0. The van der Waals surface area contributed by atoms with E-state index in [1.165, 1.54) is 23.1 Å². The molecule has 1 aliphatic rings. The van der Waals surface area contributed by atoms with Crippen LogP contribution in [0.4, 0.5) is 5.69 Å². The monoisotopic (exact) mass is 296 g/mol. The van der Waals surface area contributed by atoms with Gasteiger partial charge in [-0.1, -0.05) is 18.5 Å². The number of piperidine rings is 1. The second-order valence-corrected chi connectivity index (χ2v) is 5.53. The van der Waals surface area contributed by atoms with E-state index in [-0.39, 0.29) is 11.4 Å². The second-order valence-electron chi connectivity index (χ2n) is 5.09. The SMILES string of the molecule is CC1CCN(C(=O)C(=O)Nc2cc(Cl)ccc2O)CC1. The van der Waals surface area contributed by atoms with Gasteiger partial charge in [-0.3, -0.25) is 9.59 Å². The van der Waals surface area contributed by atoms with Gasteiger partial charge in [-0.25, -0.2) is 0 Å². The Bertz CT molecular complexity index is 525. The molecule has 108 valence electrons. The first-order valence-corrected chi connectivity index (χ1v) is 6.94. The molecule has 0 aliphatic carbocycles. The van der Waals surface area contributed by atoms with Crippen molar-refractivity contribution in [2.24, 2.45) is 5.92 Å². The minimum Gasteiger partial charge on any atom is -0.506 e. The molecule has 2 rings (SSSR count). The van der Waals surface area contributed by atoms with Gasteiger partial charge in [0.05, 0.1) is 5.69 Å². The quantitative estimate of drug-likeness (QED) is 0.617. The summed E-state index contributed by atoms with van der Waals surface area (Å²) in [5, 5.41) is 12.4. The molecule has 2 N–H and O–H groups in total. The number of hydrogen-bond donors (Lipinski definition) is 2. The van der Waals surface area contributed by atoms with Gasteiger partial charge in [0.1, 0.15) is 5.75 Å². The molecule has 1 heterocycles. The minimum atomic E-state index is -0.753. The number of likely N-dealkylation sites (tertiary alicyclic amines) is 1. The zero-order valence-electron chi connectivity index (χ0n) is 11.2. The van der Waals surface area contributed by atoms with Crippen molar-refractivity contribution in [2.75, 3.05) is 18.4 Å². The van der Waals surface area contributed by atoms with E-state index in [1.54, 1.807) is 0 Å². The fraction of sp³-hybridized carbons (Fsp3) is 0.429. The summed E-state index contributed by atoms with van der Waals surface area (Å²) in [6.07, 6.45) is 1.81. The Balaban J connectivity index is 2.01. The third-order valence-corrected chi connectivity index (χ3v) is 3.71. The molecule has 0 unspecified atom stereocenters. The highest BCUT2D eigenvalue weighted by molar-refractivity contribution is 6.40. The lowest BCUT2D eigenvalue weighted by atomic mass is 9.99. The first-order valence-electron chi connectivity index (χ1n) is 6.56. The molecule has 20 heavy (non-hydrogen) atoms. The number of anilines is 1. The van der Waals surface area contributed by atoms with Crippen LogP contribution >= 0.6 is 11.6 Å². The molecule has 0 aromatic heterocycles. The van der Waals surface area contributed by atoms with E-state index in [1.807, 2.05) is 0 Å². The molecule has 1 aromatic rings. The molecule has 1 saturated heterocycles. The van der Waals surface area contributed by atoms with Crippen molar-refractivity contribution >= 4 is 29.1 Å². The lowest BCUT2D eigenvalue weighted by molar-refractivity contribution is -0.144. The molecule has 1 aliphatic heterocycles. The van der Waals surface area contributed by atoms with Crippen molar-refractivity contribution in [3.05, 3.63) is 23.2 Å². The summed E-state index contributed by atoms with van der Waals surface area (Å²) in [4.78, 5) is 25.4. The Morgan fingerprint density at radius 3 is 2.65 bits per heavy atom. The van der Waals surface area contributed by atoms with Crippen molar-refractivity contribution in [1.82, 2.24) is 4.90 Å². The molecule has 1 fully saturated rings. The first kappa shape index (κ1) is 14.7. The van der Waals surface area contributed by atoms with Crippen LogP contribution in [0.2, 0.25) is 5.02 Å². The maximum absolute atomic E-state index is 12.0. The van der Waals surface area contributed by atoms with Crippen LogP contribution in [-0.2, 0) is 9.59 Å². The number of rotatable bonds is 1. The molecular weight excluding hydrogens is 280 g/mol. The van der Waals surface area contributed by atoms with Crippen molar-refractivity contribution in [3.8, 4) is 5.75 Å². The summed E-state index contributed by atoms with van der Waals surface area (Å²) in [5.41, 5.74) is 0.140. The number of carbonyl (C=O) groups is 2. The average Bonchev–Trinajstić information content (AvgIpc) is 2.43. The normalized spacial score (nSPS) is 16.0. The number of phenolic OH excluding ortho intramolecular Hbond substituents is 1. The number of phenols is 1. The maximum atomic E-state index is 12.0. The second kappa shape index (κ2) is 6.13. The number of carbonyl (C=O) groups excluding carboxylic acids is 2. The predicted octanol–water partition coefficient (Wildman–Crippen LogP) is 2.24. The van der Waals surface area contributed by atoms with Crippen LogP contribution in [0.3, 0.4) is 0 Å². The van der Waals surface area contributed by atoms with Crippen LogP contribution < -0.4 is 5.32 Å². The van der Waals surface area contributed by atoms with Gasteiger partial charge in [0.15, 0.2) is 0 Å². The summed E-state index contributed by atoms with van der Waals surface area (Å²) in [6.45, 7) is 3.32. The molecule has 0 saturated carbocycles. The average molecular weight is 297 g/mol. The first-order chi connectivity index (χ1) is 9.47. The Labute approximate surface area is 122 Å². The van der Waals surface area contributed by atoms with Crippen LogP contribution in [0.15, 0.2) is 18.2 Å². The van der Waals surface area contributed by atoms with Crippen LogP contribution in [0.25, 0.3) is 0 Å². The Morgan fingerprint density at radius 1 is 1.35 bits per heavy atom. The standard InChI is InChI=1S/C14H17ClN2O3/c1-9-4-6-17(7-5-9)14(20)13(19)16-11-8-10(15)2-3-12(11)18/h2-3,8-9,18H,4-7H2,1H3,(H,16,19). The topological polar surface area (TPSA) is 69.6 Å². The molecule has 5 nitrogen and oxygen atoms in total. The van der Waals surface area contributed by atoms with E-state index >= 15 is 0 Å². The number of nitrogens with one attached hydrogen (secondary N) is 1. The molecule has 0 spiro atoms. The lowest BCUT2D eigenvalue weighted by Crippen LogP contribution is -2.43. The Kier molecular flexibility index (Phi) is 4.49. The third kappa shape index (κ3) is 3.42. The van der Waals surface area contributed by atoms with Gasteiger partial charge in [0.25, 0.3) is 0 Å². The summed E-state index contributed by atoms with van der Waals surface area (Å²) < 4.78 is 0. The molecule has 0 radical (unpaired) electrons. The van der Waals surface area contributed by atoms with Gasteiger partial charge in [0.2, 0.25) is 0 Å². The minimum absolute atomic E-state index is 0.122. The van der Waals surface area contributed by atoms with Crippen LogP contribution in [0.1, 0.15) is 19.8 Å². The number of hydrogen-bond acceptors (Lipinski definition) is 3. The van der Waals surface area contributed by atoms with E-state index in [0.717, 1.165) is 12.8 Å². The predicted molar refractivity (Wildman–Crippen MR) is 76.7 cm³/mol. The molecular formula is C14H17ClN2O3. The number of nitrogens with zero attached hydrogens (tertiary/aromatic N) is 1. The smallest absolute Gasteiger partial charge is 0.314 e. The number of amides is 2. The van der Waals surface area contributed by atoms with E-state index < -0.39 is 11.8 Å². The van der Waals surface area contributed by atoms with E-state index in [2.05, 4.69) is 12.2 Å². The molecule has 2 amide bonds. The lowest BCUT2D eigenvalue weighted by Gasteiger charge is -2.29. The Hall–Kier alpha value is -1.75. The molecule has 1 aromatic carbocycles. The van der Waals surface area contributed by atoms with Crippen molar-refractivity contribution < 1.29 is 14.7 Å². The zero-order chi connectivity index (χ0) is 14.7. The van der Waals surface area contributed by atoms with Crippen LogP contribution in [-0.4, -0.2) is 34.9 Å². The van der Waals surface area contributed by atoms with Gasteiger partial charge in [-0.15, -0.1) is 0 Å². The van der Waals surface area contributed by atoms with E-state index in [0.29, 0.717) is 24.0 Å². The van der Waals surface area contributed by atoms with E-state index in [4.69, 9.17) is 11.6 Å². The number of benzene rings is 1. The highest BCUT2D eigenvalue weighted by atomic mass is 35.5. The summed E-state index contributed by atoms with van der Waals surface area (Å²) >= 11 is 5.79. The fourth-order valence-electron chi connectivity index (χ4n) is 2.14. The third-order valence-electron chi connectivity index (χ3n) is 3.47. The Morgan fingerprint density at radius 2 is 2.00 bits per heavy atom. The summed E-state index contributed by atoms with van der Waals surface area (Å²) in [6, 6.07) is 4.27. The van der Waals surface area contributed by atoms with E-state index in [9.17, 15) is 14.7 Å². The van der Waals surface area contributed by atoms with Crippen molar-refractivity contribution in [1.29, 1.82) is 0 Å². The van der Waals surface area contributed by atoms with Gasteiger partial charge >= 0.3 is 11.8 Å². The number of aromatic hydroxyl groups is 1. The number of halogens is 1. The van der Waals surface area contributed by atoms with Crippen molar-refractivity contribution in [3.63, 3.8) is 0 Å². The molecule has 0 bridgehead atoms.